The van der Waals surface area contributed by atoms with Crippen molar-refractivity contribution in [3.63, 3.8) is 0 Å². The first-order valence-electron chi connectivity index (χ1n) is 10.8. The molecule has 2 saturated heterocycles. The largest absolute Gasteiger partial charge is 0.369 e. The second-order valence-corrected chi connectivity index (χ2v) is 9.20. The number of nitrogens with zero attached hydrogens (tertiary/aromatic N) is 3. The number of hydrogen-bond acceptors (Lipinski definition) is 4. The molecule has 0 bridgehead atoms. The fourth-order valence-electron chi connectivity index (χ4n) is 4.35. The number of halogens is 1. The van der Waals surface area contributed by atoms with Gasteiger partial charge in [0, 0.05) is 49.8 Å². The van der Waals surface area contributed by atoms with Gasteiger partial charge in [-0.25, -0.2) is 0 Å². The van der Waals surface area contributed by atoms with Gasteiger partial charge in [-0.2, -0.15) is 0 Å². The van der Waals surface area contributed by atoms with E-state index in [9.17, 15) is 0 Å². The van der Waals surface area contributed by atoms with E-state index in [1.54, 1.807) is 0 Å². The molecule has 30 heavy (non-hydrogen) atoms. The summed E-state index contributed by atoms with van der Waals surface area (Å²) in [6.45, 7) is 6.66. The summed E-state index contributed by atoms with van der Waals surface area (Å²) in [6, 6.07) is 15.5. The maximum absolute atomic E-state index is 4.47. The van der Waals surface area contributed by atoms with E-state index in [4.69, 9.17) is 0 Å². The molecular weight excluding hydrogens is 505 g/mol. The first-order chi connectivity index (χ1) is 14.3. The zero-order valence-corrected chi connectivity index (χ0v) is 20.9. The molecule has 0 radical (unpaired) electrons. The second kappa shape index (κ2) is 11.9. The van der Waals surface area contributed by atoms with Crippen LogP contribution >= 0.6 is 35.3 Å². The average Bonchev–Trinajstić information content (AvgIpc) is 3.45. The van der Waals surface area contributed by atoms with E-state index in [0.29, 0.717) is 6.04 Å². The van der Waals surface area contributed by atoms with Crippen LogP contribution in [0.3, 0.4) is 0 Å². The first kappa shape index (κ1) is 23.3. The number of aliphatic imine (C=N–C) groups is 1. The Hall–Kier alpha value is -1.32. The summed E-state index contributed by atoms with van der Waals surface area (Å²) in [4.78, 5) is 11.0. The van der Waals surface area contributed by atoms with Gasteiger partial charge in [-0.05, 0) is 61.8 Å². The Kier molecular flexibility index (Phi) is 9.27. The van der Waals surface area contributed by atoms with E-state index in [-0.39, 0.29) is 24.0 Å². The van der Waals surface area contributed by atoms with Crippen LogP contribution in [-0.2, 0) is 6.54 Å². The Morgan fingerprint density at radius 2 is 1.87 bits per heavy atom. The van der Waals surface area contributed by atoms with Crippen molar-refractivity contribution in [1.29, 1.82) is 0 Å². The lowest BCUT2D eigenvalue weighted by Gasteiger charge is -2.32. The summed E-state index contributed by atoms with van der Waals surface area (Å²) in [6.07, 6.45) is 3.68. The zero-order valence-electron chi connectivity index (χ0n) is 17.8. The summed E-state index contributed by atoms with van der Waals surface area (Å²) in [5.41, 5.74) is 1.31. The van der Waals surface area contributed by atoms with Crippen molar-refractivity contribution in [3.8, 4) is 0 Å². The third-order valence-corrected chi connectivity index (χ3v) is 6.96. The number of benzene rings is 1. The van der Waals surface area contributed by atoms with E-state index >= 15 is 0 Å². The number of thiophene rings is 1. The minimum atomic E-state index is 0. The Balaban J connectivity index is 0.00000256. The van der Waals surface area contributed by atoms with Gasteiger partial charge >= 0.3 is 0 Å². The number of hydrogen-bond donors (Lipinski definition) is 2. The highest BCUT2D eigenvalue weighted by Crippen LogP contribution is 2.21. The molecule has 1 aromatic carbocycles. The molecular formula is C23H34IN5S. The molecule has 1 aromatic heterocycles. The molecule has 2 N–H and O–H groups in total. The molecule has 0 aliphatic carbocycles. The quantitative estimate of drug-likeness (QED) is 0.331. The highest BCUT2D eigenvalue weighted by Gasteiger charge is 2.24. The Bertz CT molecular complexity index is 759. The molecule has 2 aromatic rings. The van der Waals surface area contributed by atoms with E-state index in [1.165, 1.54) is 36.5 Å². The van der Waals surface area contributed by atoms with Crippen LogP contribution < -0.4 is 15.5 Å². The van der Waals surface area contributed by atoms with Crippen LogP contribution in [0.4, 0.5) is 5.69 Å². The van der Waals surface area contributed by atoms with Crippen molar-refractivity contribution >= 4 is 47.0 Å². The van der Waals surface area contributed by atoms with Gasteiger partial charge in [0.15, 0.2) is 5.96 Å². The fraction of sp³-hybridized carbons (Fsp3) is 0.522. The zero-order chi connectivity index (χ0) is 19.9. The summed E-state index contributed by atoms with van der Waals surface area (Å²) >= 11 is 1.87. The predicted octanol–water partition coefficient (Wildman–Crippen LogP) is 4.02. The van der Waals surface area contributed by atoms with Gasteiger partial charge < -0.3 is 15.5 Å². The minimum Gasteiger partial charge on any atom is -0.369 e. The van der Waals surface area contributed by atoms with E-state index in [2.05, 4.69) is 73.3 Å². The van der Waals surface area contributed by atoms with Gasteiger partial charge in [0.1, 0.15) is 0 Å². The maximum atomic E-state index is 4.47. The molecule has 2 aliphatic rings. The molecule has 164 valence electrons. The summed E-state index contributed by atoms with van der Waals surface area (Å²) in [5, 5.41) is 9.39. The highest BCUT2D eigenvalue weighted by molar-refractivity contribution is 14.0. The first-order valence-corrected chi connectivity index (χ1v) is 11.7. The van der Waals surface area contributed by atoms with Gasteiger partial charge in [-0.15, -0.1) is 35.3 Å². The lowest BCUT2D eigenvalue weighted by molar-refractivity contribution is 0.179. The van der Waals surface area contributed by atoms with Gasteiger partial charge in [-0.3, -0.25) is 9.89 Å². The van der Waals surface area contributed by atoms with Crippen LogP contribution in [0.15, 0.2) is 52.8 Å². The molecule has 3 heterocycles. The average molecular weight is 540 g/mol. The molecule has 7 heteroatoms. The van der Waals surface area contributed by atoms with Crippen molar-refractivity contribution in [1.82, 2.24) is 15.5 Å². The lowest BCUT2D eigenvalue weighted by Crippen LogP contribution is -2.47. The SMILES string of the molecule is CN=C(NCC1CCN(Cc2cccs2)CC1)NC1CCN(c2ccccc2)C1.I. The Morgan fingerprint density at radius 1 is 1.07 bits per heavy atom. The van der Waals surface area contributed by atoms with E-state index < -0.39 is 0 Å². The number of nitrogens with one attached hydrogen (secondary N) is 2. The number of guanidine groups is 1. The summed E-state index contributed by atoms with van der Waals surface area (Å²) < 4.78 is 0. The minimum absolute atomic E-state index is 0. The monoisotopic (exact) mass is 539 g/mol. The summed E-state index contributed by atoms with van der Waals surface area (Å²) in [7, 11) is 1.88. The van der Waals surface area contributed by atoms with Crippen LogP contribution in [0, 0.1) is 5.92 Å². The molecule has 5 nitrogen and oxygen atoms in total. The standard InChI is InChI=1S/C23H33N5S.HI/c1-24-23(26-20-11-14-28(17-20)21-6-3-2-4-7-21)25-16-19-9-12-27(13-10-19)18-22-8-5-15-29-22;/h2-8,15,19-20H,9-14,16-18H2,1H3,(H2,24,25,26);1H. The molecule has 2 aliphatic heterocycles. The normalized spacial score (nSPS) is 20.8. The Labute approximate surface area is 202 Å². The van der Waals surface area contributed by atoms with Crippen molar-refractivity contribution in [2.24, 2.45) is 10.9 Å². The summed E-state index contributed by atoms with van der Waals surface area (Å²) in [5.74, 6) is 1.68. The van der Waals surface area contributed by atoms with Crippen molar-refractivity contribution < 1.29 is 0 Å². The lowest BCUT2D eigenvalue weighted by atomic mass is 9.97. The Morgan fingerprint density at radius 3 is 2.57 bits per heavy atom. The number of rotatable bonds is 6. The molecule has 1 unspecified atom stereocenters. The number of para-hydroxylation sites is 1. The third-order valence-electron chi connectivity index (χ3n) is 6.10. The van der Waals surface area contributed by atoms with E-state index in [0.717, 1.165) is 44.5 Å². The fourth-order valence-corrected chi connectivity index (χ4v) is 5.10. The molecule has 0 saturated carbocycles. The molecule has 0 spiro atoms. The molecule has 1 atom stereocenters. The predicted molar refractivity (Wildman–Crippen MR) is 139 cm³/mol. The molecule has 4 rings (SSSR count). The maximum Gasteiger partial charge on any atom is 0.191 e. The van der Waals surface area contributed by atoms with Crippen molar-refractivity contribution in [2.45, 2.75) is 31.8 Å². The smallest absolute Gasteiger partial charge is 0.191 e. The topological polar surface area (TPSA) is 42.9 Å². The van der Waals surface area contributed by atoms with Gasteiger partial charge in [-0.1, -0.05) is 24.3 Å². The van der Waals surface area contributed by atoms with Crippen LogP contribution in [0.5, 0.6) is 0 Å². The van der Waals surface area contributed by atoms with Crippen LogP contribution in [0.1, 0.15) is 24.1 Å². The third kappa shape index (κ3) is 6.59. The van der Waals surface area contributed by atoms with Crippen molar-refractivity contribution in [3.05, 3.63) is 52.7 Å². The van der Waals surface area contributed by atoms with Crippen LogP contribution in [0.2, 0.25) is 0 Å². The van der Waals surface area contributed by atoms with Gasteiger partial charge in [0.25, 0.3) is 0 Å². The van der Waals surface area contributed by atoms with Crippen LogP contribution in [0.25, 0.3) is 0 Å². The van der Waals surface area contributed by atoms with E-state index in [1.807, 2.05) is 18.4 Å². The van der Waals surface area contributed by atoms with Gasteiger partial charge in [0.05, 0.1) is 0 Å². The molecule has 2 fully saturated rings. The number of anilines is 1. The highest BCUT2D eigenvalue weighted by atomic mass is 127. The number of piperidine rings is 1. The number of likely N-dealkylation sites (tertiary alicyclic amines) is 1. The second-order valence-electron chi connectivity index (χ2n) is 8.16. The van der Waals surface area contributed by atoms with Crippen LogP contribution in [-0.4, -0.2) is 56.7 Å². The van der Waals surface area contributed by atoms with Gasteiger partial charge in [0.2, 0.25) is 0 Å². The molecule has 0 amide bonds. The van der Waals surface area contributed by atoms with Crippen molar-refractivity contribution in [2.75, 3.05) is 44.7 Å².